The number of nitrogen functional groups attached to an aromatic ring is 1. The number of nitrogens with zero attached hydrogens (tertiary/aromatic N) is 3. The minimum absolute atomic E-state index is 0.208. The maximum atomic E-state index is 6.59. The zero-order valence-electron chi connectivity index (χ0n) is 14.2. The van der Waals surface area contributed by atoms with Gasteiger partial charge in [0, 0.05) is 36.1 Å². The van der Waals surface area contributed by atoms with Crippen molar-refractivity contribution in [3.63, 3.8) is 0 Å². The largest absolute Gasteiger partial charge is 0.388 e. The molecule has 1 atom stereocenters. The summed E-state index contributed by atoms with van der Waals surface area (Å²) < 4.78 is 0. The van der Waals surface area contributed by atoms with Crippen molar-refractivity contribution in [3.8, 4) is 0 Å². The van der Waals surface area contributed by atoms with Gasteiger partial charge in [-0.05, 0) is 37.5 Å². The summed E-state index contributed by atoms with van der Waals surface area (Å²) in [4.78, 5) is 11.0. The molecule has 1 unspecified atom stereocenters. The van der Waals surface area contributed by atoms with Gasteiger partial charge < -0.3 is 16.0 Å². The van der Waals surface area contributed by atoms with Gasteiger partial charge in [-0.15, -0.1) is 0 Å². The molecule has 128 valence electrons. The van der Waals surface area contributed by atoms with E-state index in [-0.39, 0.29) is 6.04 Å². The molecular weight excluding hydrogens is 322 g/mol. The number of anilines is 3. The number of benzene rings is 1. The second-order valence-corrected chi connectivity index (χ2v) is 6.68. The Kier molecular flexibility index (Phi) is 5.09. The fourth-order valence-electron chi connectivity index (χ4n) is 3.38. The first-order valence-electron chi connectivity index (χ1n) is 8.43. The molecule has 1 aromatic carbocycles. The highest BCUT2D eigenvalue weighted by atomic mass is 35.5. The Hall–Kier alpha value is -2.01. The third-order valence-electron chi connectivity index (χ3n) is 4.55. The molecule has 0 amide bonds. The predicted octanol–water partition coefficient (Wildman–Crippen LogP) is 4.18. The molecular formula is C18H24ClN5. The molecule has 0 bridgehead atoms. The van der Waals surface area contributed by atoms with Gasteiger partial charge in [-0.2, -0.15) is 4.98 Å². The van der Waals surface area contributed by atoms with Gasteiger partial charge in [0.05, 0.1) is 6.04 Å². The van der Waals surface area contributed by atoms with E-state index in [2.05, 4.69) is 32.3 Å². The summed E-state index contributed by atoms with van der Waals surface area (Å²) in [6.45, 7) is 2.90. The van der Waals surface area contributed by atoms with Crippen LogP contribution in [-0.2, 0) is 0 Å². The summed E-state index contributed by atoms with van der Waals surface area (Å²) in [7, 11) is 1.90. The minimum Gasteiger partial charge on any atom is -0.388 e. The summed E-state index contributed by atoms with van der Waals surface area (Å²) in [5.74, 6) is 1.21. The zero-order chi connectivity index (χ0) is 17.1. The highest BCUT2D eigenvalue weighted by Crippen LogP contribution is 2.37. The van der Waals surface area contributed by atoms with Gasteiger partial charge >= 0.3 is 0 Å². The van der Waals surface area contributed by atoms with Gasteiger partial charge in [0.2, 0.25) is 5.95 Å². The lowest BCUT2D eigenvalue weighted by molar-refractivity contribution is 0.596. The fraction of sp³-hybridized carbons (Fsp3) is 0.444. The average Bonchev–Trinajstić information content (AvgIpc) is 2.79. The van der Waals surface area contributed by atoms with Crippen molar-refractivity contribution >= 4 is 29.1 Å². The first kappa shape index (κ1) is 16.8. The first-order chi connectivity index (χ1) is 11.6. The van der Waals surface area contributed by atoms with Crippen LogP contribution < -0.4 is 16.0 Å². The van der Waals surface area contributed by atoms with Crippen molar-refractivity contribution in [2.75, 3.05) is 29.5 Å². The number of nitrogens with two attached hydrogens (primary N) is 1. The number of aromatic nitrogens is 2. The molecule has 0 spiro atoms. The van der Waals surface area contributed by atoms with Crippen LogP contribution in [-0.4, -0.2) is 23.6 Å². The Morgan fingerprint density at radius 3 is 2.75 bits per heavy atom. The van der Waals surface area contributed by atoms with Crippen molar-refractivity contribution in [2.24, 2.45) is 0 Å². The number of hydrogen-bond acceptors (Lipinski definition) is 5. The number of hydrogen-bond donors (Lipinski definition) is 2. The molecule has 2 heterocycles. The molecule has 6 heteroatoms. The summed E-state index contributed by atoms with van der Waals surface area (Å²) in [5.41, 5.74) is 8.93. The Morgan fingerprint density at radius 1 is 1.21 bits per heavy atom. The van der Waals surface area contributed by atoms with E-state index in [0.29, 0.717) is 5.95 Å². The molecule has 3 rings (SSSR count). The van der Waals surface area contributed by atoms with E-state index in [4.69, 9.17) is 17.3 Å². The van der Waals surface area contributed by atoms with E-state index in [1.54, 1.807) is 0 Å². The summed E-state index contributed by atoms with van der Waals surface area (Å²) in [5, 5.41) is 3.92. The Bertz CT molecular complexity index is 698. The van der Waals surface area contributed by atoms with Gasteiger partial charge in [0.15, 0.2) is 0 Å². The molecule has 1 saturated heterocycles. The van der Waals surface area contributed by atoms with Gasteiger partial charge in [-0.3, -0.25) is 0 Å². The van der Waals surface area contributed by atoms with Crippen LogP contribution in [0.5, 0.6) is 0 Å². The van der Waals surface area contributed by atoms with E-state index in [0.717, 1.165) is 47.2 Å². The highest BCUT2D eigenvalue weighted by molar-refractivity contribution is 6.31. The molecule has 2 aromatic rings. The molecule has 1 aliphatic heterocycles. The number of halogens is 1. The summed E-state index contributed by atoms with van der Waals surface area (Å²) in [6.07, 6.45) is 4.61. The topological polar surface area (TPSA) is 67.1 Å². The maximum Gasteiger partial charge on any atom is 0.222 e. The SMILES string of the molecule is CNc1ccc(C2CCCCCN2c2cc(C)nc(N)n2)c(Cl)c1. The third-order valence-corrected chi connectivity index (χ3v) is 4.88. The normalized spacial score (nSPS) is 18.3. The molecule has 1 aromatic heterocycles. The van der Waals surface area contributed by atoms with E-state index in [1.807, 2.05) is 26.1 Å². The van der Waals surface area contributed by atoms with Crippen LogP contribution in [0.15, 0.2) is 24.3 Å². The van der Waals surface area contributed by atoms with Gasteiger partial charge in [0.25, 0.3) is 0 Å². The third kappa shape index (κ3) is 3.56. The lowest BCUT2D eigenvalue weighted by Crippen LogP contribution is -2.29. The van der Waals surface area contributed by atoms with Crippen molar-refractivity contribution in [1.29, 1.82) is 0 Å². The number of aryl methyl sites for hydroxylation is 1. The predicted molar refractivity (Wildman–Crippen MR) is 101 cm³/mol. The van der Waals surface area contributed by atoms with E-state index < -0.39 is 0 Å². The molecule has 0 saturated carbocycles. The average molecular weight is 346 g/mol. The lowest BCUT2D eigenvalue weighted by Gasteiger charge is -2.32. The van der Waals surface area contributed by atoms with Gasteiger partial charge in [-0.1, -0.05) is 30.5 Å². The minimum atomic E-state index is 0.208. The van der Waals surface area contributed by atoms with E-state index >= 15 is 0 Å². The van der Waals surface area contributed by atoms with Crippen LogP contribution >= 0.6 is 11.6 Å². The van der Waals surface area contributed by atoms with Crippen LogP contribution in [0.4, 0.5) is 17.5 Å². The van der Waals surface area contributed by atoms with Crippen LogP contribution in [0.25, 0.3) is 0 Å². The molecule has 1 fully saturated rings. The second-order valence-electron chi connectivity index (χ2n) is 6.27. The standard InChI is InChI=1S/C18H24ClN5/c1-12-10-17(23-18(20)22-12)24-9-5-3-4-6-16(24)14-8-7-13(21-2)11-15(14)19/h7-8,10-11,16,21H,3-6,9H2,1-2H3,(H2,20,22,23). The molecule has 5 nitrogen and oxygen atoms in total. The second kappa shape index (κ2) is 7.26. The fourth-order valence-corrected chi connectivity index (χ4v) is 3.69. The van der Waals surface area contributed by atoms with Crippen molar-refractivity contribution in [3.05, 3.63) is 40.5 Å². The van der Waals surface area contributed by atoms with Gasteiger partial charge in [0.1, 0.15) is 5.82 Å². The Morgan fingerprint density at radius 2 is 2.04 bits per heavy atom. The van der Waals surface area contributed by atoms with Crippen LogP contribution in [0.2, 0.25) is 5.02 Å². The zero-order valence-corrected chi connectivity index (χ0v) is 15.0. The summed E-state index contributed by atoms with van der Waals surface area (Å²) in [6, 6.07) is 8.39. The van der Waals surface area contributed by atoms with Crippen molar-refractivity contribution < 1.29 is 0 Å². The number of rotatable bonds is 3. The molecule has 0 aliphatic carbocycles. The lowest BCUT2D eigenvalue weighted by atomic mass is 10.00. The molecule has 0 radical (unpaired) electrons. The molecule has 24 heavy (non-hydrogen) atoms. The number of nitrogens with one attached hydrogen (secondary N) is 1. The smallest absolute Gasteiger partial charge is 0.222 e. The van der Waals surface area contributed by atoms with Crippen LogP contribution in [0.3, 0.4) is 0 Å². The van der Waals surface area contributed by atoms with Crippen molar-refractivity contribution in [1.82, 2.24) is 9.97 Å². The Labute approximate surface area is 148 Å². The molecule has 3 N–H and O–H groups in total. The first-order valence-corrected chi connectivity index (χ1v) is 8.81. The molecule has 1 aliphatic rings. The van der Waals surface area contributed by atoms with Crippen LogP contribution in [0.1, 0.15) is 43.0 Å². The Balaban J connectivity index is 2.01. The van der Waals surface area contributed by atoms with E-state index in [1.165, 1.54) is 12.8 Å². The van der Waals surface area contributed by atoms with Gasteiger partial charge in [-0.25, -0.2) is 4.98 Å². The van der Waals surface area contributed by atoms with E-state index in [9.17, 15) is 0 Å². The van der Waals surface area contributed by atoms with Crippen molar-refractivity contribution in [2.45, 2.75) is 38.6 Å². The monoisotopic (exact) mass is 345 g/mol. The maximum absolute atomic E-state index is 6.59. The van der Waals surface area contributed by atoms with Crippen LogP contribution in [0, 0.1) is 6.92 Å². The summed E-state index contributed by atoms with van der Waals surface area (Å²) >= 11 is 6.59. The highest BCUT2D eigenvalue weighted by Gasteiger charge is 2.26. The quantitative estimate of drug-likeness (QED) is 0.873.